The van der Waals surface area contributed by atoms with Crippen LogP contribution in [-0.2, 0) is 6.54 Å². The number of rotatable bonds is 5. The number of aromatic nitrogens is 5. The van der Waals surface area contributed by atoms with Crippen molar-refractivity contribution in [2.24, 2.45) is 0 Å². The fourth-order valence-corrected chi connectivity index (χ4v) is 3.46. The van der Waals surface area contributed by atoms with Gasteiger partial charge in [-0.3, -0.25) is 20.3 Å². The predicted molar refractivity (Wildman–Crippen MR) is 119 cm³/mol. The highest BCUT2D eigenvalue weighted by atomic mass is 19.2. The molecule has 0 aliphatic rings. The van der Waals surface area contributed by atoms with Crippen molar-refractivity contribution < 1.29 is 18.0 Å². The summed E-state index contributed by atoms with van der Waals surface area (Å²) in [6.45, 7) is 0.460. The third-order valence-corrected chi connectivity index (χ3v) is 5.00. The Morgan fingerprint density at radius 2 is 1.59 bits per heavy atom. The summed E-state index contributed by atoms with van der Waals surface area (Å²) in [6, 6.07) is 13.2. The molecular formula is C23H16F3N7O. The van der Waals surface area contributed by atoms with Gasteiger partial charge in [-0.05, 0) is 11.6 Å². The van der Waals surface area contributed by atoms with Crippen LogP contribution in [0.1, 0.15) is 5.56 Å². The molecule has 0 fully saturated rings. The number of amides is 2. The Labute approximate surface area is 190 Å². The molecule has 0 aliphatic carbocycles. The zero-order valence-corrected chi connectivity index (χ0v) is 17.4. The normalized spacial score (nSPS) is 11.0. The van der Waals surface area contributed by atoms with E-state index in [0.717, 1.165) is 21.1 Å². The van der Waals surface area contributed by atoms with Crippen LogP contribution in [0.5, 0.6) is 0 Å². The molecule has 3 heterocycles. The summed E-state index contributed by atoms with van der Waals surface area (Å²) in [5.74, 6) is -3.14. The van der Waals surface area contributed by atoms with Crippen molar-refractivity contribution in [1.29, 1.82) is 0 Å². The van der Waals surface area contributed by atoms with Crippen LogP contribution in [-0.4, -0.2) is 30.6 Å². The van der Waals surface area contributed by atoms with Gasteiger partial charge in [0.2, 0.25) is 0 Å². The van der Waals surface area contributed by atoms with E-state index in [9.17, 15) is 18.0 Å². The molecule has 3 aromatic heterocycles. The molecule has 11 heteroatoms. The van der Waals surface area contributed by atoms with E-state index in [1.807, 2.05) is 30.3 Å². The Hall–Kier alpha value is -4.67. The first-order valence-electron chi connectivity index (χ1n) is 10.1. The molecule has 2 amide bonds. The topological polar surface area (TPSA) is 89.7 Å². The molecular weight excluding hydrogens is 447 g/mol. The maximum atomic E-state index is 13.9. The molecule has 0 saturated heterocycles. The van der Waals surface area contributed by atoms with Gasteiger partial charge in [0.15, 0.2) is 29.1 Å². The lowest BCUT2D eigenvalue weighted by Gasteiger charge is -2.06. The van der Waals surface area contributed by atoms with Crippen LogP contribution in [0.3, 0.4) is 0 Å². The molecule has 0 atom stereocenters. The average molecular weight is 463 g/mol. The number of benzene rings is 2. The number of anilines is 2. The van der Waals surface area contributed by atoms with E-state index in [4.69, 9.17) is 0 Å². The molecule has 2 aromatic carbocycles. The molecule has 34 heavy (non-hydrogen) atoms. The van der Waals surface area contributed by atoms with Gasteiger partial charge < -0.3 is 0 Å². The number of hydrogen-bond donors (Lipinski definition) is 2. The summed E-state index contributed by atoms with van der Waals surface area (Å²) in [4.78, 5) is 16.7. The minimum Gasteiger partial charge on any atom is -0.291 e. The van der Waals surface area contributed by atoms with E-state index in [0.29, 0.717) is 24.5 Å². The highest BCUT2D eigenvalue weighted by molar-refractivity contribution is 5.98. The first-order valence-corrected chi connectivity index (χ1v) is 10.1. The van der Waals surface area contributed by atoms with Gasteiger partial charge in [-0.1, -0.05) is 24.3 Å². The average Bonchev–Trinajstić information content (AvgIpc) is 3.46. The van der Waals surface area contributed by atoms with Gasteiger partial charge in [0, 0.05) is 48.2 Å². The fourth-order valence-electron chi connectivity index (χ4n) is 3.46. The monoisotopic (exact) mass is 463 g/mol. The Kier molecular flexibility index (Phi) is 5.42. The maximum absolute atomic E-state index is 13.9. The second kappa shape index (κ2) is 8.70. The van der Waals surface area contributed by atoms with E-state index < -0.39 is 23.5 Å². The smallest absolute Gasteiger partial charge is 0.291 e. The number of urea groups is 1. The summed E-state index contributed by atoms with van der Waals surface area (Å²) in [6.07, 6.45) is 4.75. The molecule has 2 N–H and O–H groups in total. The van der Waals surface area contributed by atoms with Crippen molar-refractivity contribution in [3.05, 3.63) is 96.2 Å². The molecule has 5 rings (SSSR count). The number of carbonyl (C=O) groups excluding carboxylic acids is 1. The number of halogens is 3. The molecule has 0 saturated carbocycles. The summed E-state index contributed by atoms with van der Waals surface area (Å²) in [5, 5.41) is 14.4. The number of fused-ring (bicyclic) bond motifs is 1. The lowest BCUT2D eigenvalue weighted by molar-refractivity contribution is 0.262. The van der Waals surface area contributed by atoms with Gasteiger partial charge in [-0.25, -0.2) is 22.6 Å². The van der Waals surface area contributed by atoms with Gasteiger partial charge in [-0.15, -0.1) is 5.10 Å². The first kappa shape index (κ1) is 21.2. The third kappa shape index (κ3) is 4.31. The van der Waals surface area contributed by atoms with E-state index in [1.54, 1.807) is 23.1 Å². The lowest BCUT2D eigenvalue weighted by atomic mass is 10.1. The van der Waals surface area contributed by atoms with Crippen LogP contribution in [0.2, 0.25) is 0 Å². The number of carbonyl (C=O) groups is 1. The van der Waals surface area contributed by atoms with Gasteiger partial charge in [0.1, 0.15) is 5.69 Å². The number of hydrogen-bond acceptors (Lipinski definition) is 4. The van der Waals surface area contributed by atoms with Crippen LogP contribution in [0.15, 0.2) is 73.2 Å². The zero-order chi connectivity index (χ0) is 23.7. The van der Waals surface area contributed by atoms with Crippen LogP contribution < -0.4 is 10.6 Å². The maximum Gasteiger partial charge on any atom is 0.326 e. The minimum atomic E-state index is -1.30. The third-order valence-electron chi connectivity index (χ3n) is 5.00. The molecule has 0 radical (unpaired) electrons. The lowest BCUT2D eigenvalue weighted by Crippen LogP contribution is -2.20. The Bertz CT molecular complexity index is 1510. The van der Waals surface area contributed by atoms with Crippen LogP contribution in [0.4, 0.5) is 29.6 Å². The second-order valence-electron chi connectivity index (χ2n) is 7.33. The summed E-state index contributed by atoms with van der Waals surface area (Å²) in [5.41, 5.74) is 1.56. The van der Waals surface area contributed by atoms with Crippen molar-refractivity contribution in [2.45, 2.75) is 6.54 Å². The Morgan fingerprint density at radius 3 is 2.44 bits per heavy atom. The van der Waals surface area contributed by atoms with Crippen molar-refractivity contribution in [3.63, 3.8) is 0 Å². The number of nitrogens with zero attached hydrogens (tertiary/aromatic N) is 5. The van der Waals surface area contributed by atoms with Crippen molar-refractivity contribution >= 4 is 28.6 Å². The van der Waals surface area contributed by atoms with Crippen molar-refractivity contribution in [2.75, 3.05) is 10.6 Å². The highest BCUT2D eigenvalue weighted by Crippen LogP contribution is 2.19. The van der Waals surface area contributed by atoms with Crippen LogP contribution in [0, 0.1) is 17.5 Å². The summed E-state index contributed by atoms with van der Waals surface area (Å²) < 4.78 is 43.2. The SMILES string of the molecule is O=C(Nc1ccn(Cc2cccc3cccnc23)n1)Nc1ccn(-c2cc(F)c(F)cc2F)n1. The van der Waals surface area contributed by atoms with Gasteiger partial charge in [0.05, 0.1) is 12.1 Å². The van der Waals surface area contributed by atoms with E-state index in [-0.39, 0.29) is 11.5 Å². The number of para-hydroxylation sites is 1. The van der Waals surface area contributed by atoms with Gasteiger partial charge >= 0.3 is 6.03 Å². The fraction of sp³-hybridized carbons (Fsp3) is 0.0435. The van der Waals surface area contributed by atoms with E-state index in [1.165, 1.54) is 12.3 Å². The molecule has 0 bridgehead atoms. The largest absolute Gasteiger partial charge is 0.326 e. The number of pyridine rings is 1. The van der Waals surface area contributed by atoms with Crippen LogP contribution in [0.25, 0.3) is 16.6 Å². The van der Waals surface area contributed by atoms with Crippen molar-refractivity contribution in [1.82, 2.24) is 24.5 Å². The van der Waals surface area contributed by atoms with Crippen LogP contribution >= 0.6 is 0 Å². The Balaban J connectivity index is 1.24. The quantitative estimate of drug-likeness (QED) is 0.369. The minimum absolute atomic E-state index is 0.0721. The standard InChI is InChI=1S/C23H16F3N7O/c24-16-11-18(26)19(12-17(16)25)33-10-7-21(31-33)29-23(34)28-20-6-9-32(30-20)13-15-4-1-3-14-5-2-8-27-22(14)15/h1-12H,13H2,(H2,28,29,30,31,34). The Morgan fingerprint density at radius 1 is 0.853 bits per heavy atom. The van der Waals surface area contributed by atoms with Crippen molar-refractivity contribution in [3.8, 4) is 5.69 Å². The summed E-state index contributed by atoms with van der Waals surface area (Å²) in [7, 11) is 0. The summed E-state index contributed by atoms with van der Waals surface area (Å²) >= 11 is 0. The molecule has 0 unspecified atom stereocenters. The van der Waals surface area contributed by atoms with E-state index in [2.05, 4.69) is 25.8 Å². The number of nitrogens with one attached hydrogen (secondary N) is 2. The van der Waals surface area contributed by atoms with Gasteiger partial charge in [0.25, 0.3) is 0 Å². The van der Waals surface area contributed by atoms with Gasteiger partial charge in [-0.2, -0.15) is 5.10 Å². The van der Waals surface area contributed by atoms with E-state index >= 15 is 0 Å². The zero-order valence-electron chi connectivity index (χ0n) is 17.4. The molecule has 5 aromatic rings. The molecule has 170 valence electrons. The highest BCUT2D eigenvalue weighted by Gasteiger charge is 2.14. The second-order valence-corrected chi connectivity index (χ2v) is 7.33. The molecule has 0 spiro atoms. The first-order chi connectivity index (χ1) is 16.5. The molecule has 8 nitrogen and oxygen atoms in total. The molecule has 0 aliphatic heterocycles. The predicted octanol–water partition coefficient (Wildman–Crippen LogP) is 4.73.